The Morgan fingerprint density at radius 2 is 1.42 bits per heavy atom. The van der Waals surface area contributed by atoms with Crippen molar-refractivity contribution in [1.29, 1.82) is 0 Å². The van der Waals surface area contributed by atoms with Crippen LogP contribution in [0.15, 0.2) is 0 Å². The van der Waals surface area contributed by atoms with Gasteiger partial charge in [-0.1, -0.05) is 13.3 Å². The lowest BCUT2D eigenvalue weighted by molar-refractivity contribution is 0.0502. The van der Waals surface area contributed by atoms with Gasteiger partial charge < -0.3 is 0 Å². The summed E-state index contributed by atoms with van der Waals surface area (Å²) < 4.78 is 0. The van der Waals surface area contributed by atoms with Crippen LogP contribution in [0.5, 0.6) is 0 Å². The van der Waals surface area contributed by atoms with Crippen LogP contribution in [-0.4, -0.2) is 23.0 Å². The normalized spacial score (nSPS) is 14.0. The zero-order valence-corrected chi connectivity index (χ0v) is 9.86. The minimum atomic E-state index is 0.276. The fraction of sp³-hybridized carbons (Fsp3) is 1.00. The maximum absolute atomic E-state index is 2.46. The summed E-state index contributed by atoms with van der Waals surface area (Å²) in [5.41, 5.74) is 0.603. The summed E-state index contributed by atoms with van der Waals surface area (Å²) in [5.74, 6) is 0. The number of hydrogen-bond acceptors (Lipinski definition) is 1. The molecule has 0 atom stereocenters. The van der Waals surface area contributed by atoms with Gasteiger partial charge >= 0.3 is 0 Å². The lowest BCUT2D eigenvalue weighted by atomic mass is 9.91. The second-order valence-corrected chi connectivity index (χ2v) is 5.29. The Labute approximate surface area is 78.1 Å². The Balaban J connectivity index is 4.34. The highest BCUT2D eigenvalue weighted by Crippen LogP contribution is 2.26. The molecule has 0 aromatic carbocycles. The largest absolute Gasteiger partial charge is 0.296 e. The maximum atomic E-state index is 2.46. The number of nitrogens with zero attached hydrogens (tertiary/aromatic N) is 1. The summed E-state index contributed by atoms with van der Waals surface area (Å²) in [6.45, 7) is 13.7. The first kappa shape index (κ1) is 12.0. The third kappa shape index (κ3) is 3.14. The van der Waals surface area contributed by atoms with E-state index in [4.69, 9.17) is 0 Å². The molecule has 0 aromatic heterocycles. The third-order valence-electron chi connectivity index (χ3n) is 2.78. The Morgan fingerprint density at radius 1 is 1.00 bits per heavy atom. The van der Waals surface area contributed by atoms with Gasteiger partial charge in [-0.2, -0.15) is 0 Å². The molecule has 0 rings (SSSR count). The molecule has 74 valence electrons. The van der Waals surface area contributed by atoms with E-state index in [1.54, 1.807) is 0 Å². The van der Waals surface area contributed by atoms with E-state index in [9.17, 15) is 0 Å². The lowest BCUT2D eigenvalue weighted by Gasteiger charge is -2.44. The van der Waals surface area contributed by atoms with E-state index in [1.807, 2.05) is 0 Å². The van der Waals surface area contributed by atoms with Gasteiger partial charge in [0.1, 0.15) is 0 Å². The van der Waals surface area contributed by atoms with Crippen LogP contribution in [0.3, 0.4) is 0 Å². The predicted molar refractivity (Wildman–Crippen MR) is 56.5 cm³/mol. The Kier molecular flexibility index (Phi) is 3.77. The molecule has 0 spiro atoms. The van der Waals surface area contributed by atoms with E-state index >= 15 is 0 Å². The fourth-order valence-corrected chi connectivity index (χ4v) is 1.69. The first-order valence-corrected chi connectivity index (χ1v) is 4.96. The van der Waals surface area contributed by atoms with Crippen LogP contribution in [0.4, 0.5) is 0 Å². The minimum absolute atomic E-state index is 0.276. The van der Waals surface area contributed by atoms with Gasteiger partial charge in [0.2, 0.25) is 0 Å². The van der Waals surface area contributed by atoms with Crippen LogP contribution in [0.2, 0.25) is 0 Å². The molecule has 0 heterocycles. The second-order valence-electron chi connectivity index (χ2n) is 5.29. The molecule has 0 aromatic rings. The van der Waals surface area contributed by atoms with Crippen molar-refractivity contribution >= 4 is 0 Å². The van der Waals surface area contributed by atoms with Crippen molar-refractivity contribution in [2.75, 3.05) is 7.05 Å². The van der Waals surface area contributed by atoms with Gasteiger partial charge in [0.15, 0.2) is 0 Å². The van der Waals surface area contributed by atoms with Gasteiger partial charge in [0, 0.05) is 11.1 Å². The Morgan fingerprint density at radius 3 is 1.67 bits per heavy atom. The molecule has 0 radical (unpaired) electrons. The van der Waals surface area contributed by atoms with Crippen molar-refractivity contribution in [3.8, 4) is 0 Å². The highest BCUT2D eigenvalue weighted by Gasteiger charge is 2.30. The Hall–Kier alpha value is -0.0400. The molecule has 1 nitrogen and oxygen atoms in total. The first-order valence-electron chi connectivity index (χ1n) is 4.96. The quantitative estimate of drug-likeness (QED) is 0.630. The van der Waals surface area contributed by atoms with Gasteiger partial charge in [-0.25, -0.2) is 0 Å². The smallest absolute Gasteiger partial charge is 0.0155 e. The molecule has 0 unspecified atom stereocenters. The number of hydrogen-bond donors (Lipinski definition) is 0. The summed E-state index contributed by atoms with van der Waals surface area (Å²) in [4.78, 5) is 2.46. The zero-order valence-electron chi connectivity index (χ0n) is 9.86. The molecular formula is C11H25N. The molecule has 0 amide bonds. The van der Waals surface area contributed by atoms with Gasteiger partial charge in [0.25, 0.3) is 0 Å². The molecule has 0 aliphatic carbocycles. The molecule has 0 saturated carbocycles. The fourth-order valence-electron chi connectivity index (χ4n) is 1.69. The van der Waals surface area contributed by atoms with Crippen molar-refractivity contribution in [3.63, 3.8) is 0 Å². The lowest BCUT2D eigenvalue weighted by Crippen LogP contribution is -2.51. The SMILES string of the molecule is CCCC(C)(C)N(C)C(C)(C)C. The molecule has 12 heavy (non-hydrogen) atoms. The molecular weight excluding hydrogens is 146 g/mol. The van der Waals surface area contributed by atoms with E-state index in [2.05, 4.69) is 53.5 Å². The van der Waals surface area contributed by atoms with Crippen molar-refractivity contribution in [3.05, 3.63) is 0 Å². The van der Waals surface area contributed by atoms with Gasteiger partial charge in [-0.05, 0) is 48.1 Å². The van der Waals surface area contributed by atoms with E-state index < -0.39 is 0 Å². The minimum Gasteiger partial charge on any atom is -0.296 e. The maximum Gasteiger partial charge on any atom is 0.0155 e. The predicted octanol–water partition coefficient (Wildman–Crippen LogP) is 3.30. The Bertz CT molecular complexity index is 130. The molecule has 0 bridgehead atoms. The highest BCUT2D eigenvalue weighted by atomic mass is 15.2. The molecule has 0 saturated heterocycles. The van der Waals surface area contributed by atoms with E-state index in [-0.39, 0.29) is 5.54 Å². The summed E-state index contributed by atoms with van der Waals surface area (Å²) in [6, 6.07) is 0. The van der Waals surface area contributed by atoms with Gasteiger partial charge in [0.05, 0.1) is 0 Å². The average molecular weight is 171 g/mol. The van der Waals surface area contributed by atoms with Crippen LogP contribution in [-0.2, 0) is 0 Å². The van der Waals surface area contributed by atoms with Crippen molar-refractivity contribution in [2.24, 2.45) is 0 Å². The van der Waals surface area contributed by atoms with Crippen LogP contribution in [0.1, 0.15) is 54.4 Å². The monoisotopic (exact) mass is 171 g/mol. The highest BCUT2D eigenvalue weighted by molar-refractivity contribution is 4.86. The van der Waals surface area contributed by atoms with Crippen LogP contribution < -0.4 is 0 Å². The van der Waals surface area contributed by atoms with Crippen molar-refractivity contribution < 1.29 is 0 Å². The molecule has 0 aliphatic rings. The van der Waals surface area contributed by atoms with E-state index in [0.717, 1.165) is 0 Å². The van der Waals surface area contributed by atoms with E-state index in [0.29, 0.717) is 5.54 Å². The summed E-state index contributed by atoms with van der Waals surface area (Å²) >= 11 is 0. The van der Waals surface area contributed by atoms with Crippen LogP contribution in [0.25, 0.3) is 0 Å². The number of rotatable bonds is 3. The molecule has 0 aliphatic heterocycles. The molecule has 0 N–H and O–H groups in total. The summed E-state index contributed by atoms with van der Waals surface area (Å²) in [6.07, 6.45) is 2.52. The van der Waals surface area contributed by atoms with Crippen LogP contribution >= 0.6 is 0 Å². The van der Waals surface area contributed by atoms with Crippen molar-refractivity contribution in [1.82, 2.24) is 4.90 Å². The molecule has 0 fully saturated rings. The second kappa shape index (κ2) is 3.78. The zero-order chi connectivity index (χ0) is 9.99. The summed E-state index contributed by atoms with van der Waals surface area (Å²) in [5, 5.41) is 0. The first-order chi connectivity index (χ1) is 5.22. The van der Waals surface area contributed by atoms with Gasteiger partial charge in [-0.3, -0.25) is 4.90 Å². The topological polar surface area (TPSA) is 3.24 Å². The van der Waals surface area contributed by atoms with Crippen molar-refractivity contribution in [2.45, 2.75) is 65.5 Å². The average Bonchev–Trinajstić information content (AvgIpc) is 1.84. The molecule has 1 heteroatoms. The van der Waals surface area contributed by atoms with Gasteiger partial charge in [-0.15, -0.1) is 0 Å². The standard InChI is InChI=1S/C11H25N/c1-8-9-11(5,6)12(7)10(2,3)4/h8-9H2,1-7H3. The third-order valence-corrected chi connectivity index (χ3v) is 2.78. The van der Waals surface area contributed by atoms with Crippen LogP contribution in [0, 0.1) is 0 Å². The van der Waals surface area contributed by atoms with E-state index in [1.165, 1.54) is 12.8 Å². The summed E-state index contributed by atoms with van der Waals surface area (Å²) in [7, 11) is 2.22.